The van der Waals surface area contributed by atoms with Crippen LogP contribution in [0, 0.1) is 0 Å². The molecule has 0 saturated carbocycles. The van der Waals surface area contributed by atoms with E-state index in [0.717, 1.165) is 17.7 Å². The Bertz CT molecular complexity index is 1990. The molecular weight excluding hydrogens is 840 g/mol. The minimum absolute atomic E-state index is 0.000858. The molecule has 0 radical (unpaired) electrons. The number of aliphatic hydroxyl groups is 2. The van der Waals surface area contributed by atoms with Gasteiger partial charge in [0.25, 0.3) is 11.8 Å². The van der Waals surface area contributed by atoms with Gasteiger partial charge in [-0.15, -0.1) is 0 Å². The van der Waals surface area contributed by atoms with E-state index in [-0.39, 0.29) is 115 Å². The number of benzene rings is 2. The number of ether oxygens (including phenoxy) is 8. The van der Waals surface area contributed by atoms with E-state index >= 15 is 0 Å². The van der Waals surface area contributed by atoms with Gasteiger partial charge in [-0.05, 0) is 50.7 Å². The number of esters is 2. The van der Waals surface area contributed by atoms with Crippen LogP contribution in [0.2, 0.25) is 0 Å². The fourth-order valence-electron chi connectivity index (χ4n) is 7.26. The predicted octanol–water partition coefficient (Wildman–Crippen LogP) is 4.45. The molecule has 3 heterocycles. The Morgan fingerprint density at radius 3 is 1.98 bits per heavy atom. The highest BCUT2D eigenvalue weighted by atomic mass is 16.6. The SMILES string of the molecule is C=CCOC(=O)N1c2cc(OCCCC(=O)OC)c(OC)cc2C(=O)N2CCC[C@H]2C1O.C=CCOC(=O)Nc1cc(OCCCC(=O)OC)c(OC)cc1C(=O)N1CCC[C@H]1CO. The molecule has 2 saturated heterocycles. The number of hydrogen-bond donors (Lipinski definition) is 3. The molecule has 2 aromatic rings. The number of hydrogen-bond acceptors (Lipinski definition) is 16. The lowest BCUT2D eigenvalue weighted by Gasteiger charge is -2.31. The lowest BCUT2D eigenvalue weighted by Crippen LogP contribution is -2.50. The molecule has 20 heteroatoms. The fraction of sp³-hybridized carbons (Fsp3) is 0.500. The third-order valence-corrected chi connectivity index (χ3v) is 10.4. The summed E-state index contributed by atoms with van der Waals surface area (Å²) < 4.78 is 41.7. The summed E-state index contributed by atoms with van der Waals surface area (Å²) in [4.78, 5) is 78.3. The number of nitrogens with one attached hydrogen (secondary N) is 1. The number of fused-ring (bicyclic) bond motifs is 2. The molecule has 0 bridgehead atoms. The number of amides is 4. The molecule has 1 unspecified atom stereocenters. The Kier molecular flexibility index (Phi) is 19.5. The number of carbonyl (C=O) groups is 6. The Morgan fingerprint density at radius 1 is 0.797 bits per heavy atom. The third-order valence-electron chi connectivity index (χ3n) is 10.4. The van der Waals surface area contributed by atoms with E-state index in [1.54, 1.807) is 9.80 Å². The zero-order valence-electron chi connectivity index (χ0n) is 36.7. The molecule has 0 spiro atoms. The number of anilines is 2. The first kappa shape index (κ1) is 50.1. The molecule has 2 fully saturated rings. The summed E-state index contributed by atoms with van der Waals surface area (Å²) in [6.07, 6.45) is 3.90. The van der Waals surface area contributed by atoms with Crippen molar-refractivity contribution >= 4 is 47.3 Å². The van der Waals surface area contributed by atoms with Crippen molar-refractivity contribution in [1.82, 2.24) is 9.80 Å². The summed E-state index contributed by atoms with van der Waals surface area (Å²) in [5.41, 5.74) is 0.716. The number of carbonyl (C=O) groups excluding carboxylic acids is 6. The van der Waals surface area contributed by atoms with E-state index in [1.165, 1.54) is 64.9 Å². The van der Waals surface area contributed by atoms with Gasteiger partial charge in [-0.2, -0.15) is 0 Å². The first-order valence-corrected chi connectivity index (χ1v) is 20.7. The Hall–Kier alpha value is -6.54. The monoisotopic (exact) mass is 898 g/mol. The van der Waals surface area contributed by atoms with Gasteiger partial charge >= 0.3 is 24.1 Å². The first-order chi connectivity index (χ1) is 30.9. The van der Waals surface area contributed by atoms with Crippen LogP contribution in [0.5, 0.6) is 23.0 Å². The second-order valence-corrected chi connectivity index (χ2v) is 14.5. The Labute approximate surface area is 371 Å². The zero-order valence-corrected chi connectivity index (χ0v) is 36.7. The molecule has 4 amide bonds. The number of rotatable bonds is 19. The minimum atomic E-state index is -1.29. The normalized spacial score (nSPS) is 17.3. The maximum Gasteiger partial charge on any atom is 0.416 e. The van der Waals surface area contributed by atoms with Gasteiger partial charge in [-0.3, -0.25) is 24.5 Å². The maximum atomic E-state index is 13.3. The molecule has 350 valence electrons. The Balaban J connectivity index is 0.000000281. The van der Waals surface area contributed by atoms with E-state index < -0.39 is 24.5 Å². The van der Waals surface area contributed by atoms with Gasteiger partial charge in [0.2, 0.25) is 0 Å². The van der Waals surface area contributed by atoms with E-state index in [0.29, 0.717) is 44.5 Å². The summed E-state index contributed by atoms with van der Waals surface area (Å²) in [5, 5.41) is 23.2. The average Bonchev–Trinajstić information content (AvgIpc) is 3.99. The lowest BCUT2D eigenvalue weighted by atomic mass is 10.1. The third kappa shape index (κ3) is 12.8. The van der Waals surface area contributed by atoms with Crippen LogP contribution in [0.15, 0.2) is 49.6 Å². The predicted molar refractivity (Wildman–Crippen MR) is 230 cm³/mol. The topological polar surface area (TPSA) is 238 Å². The van der Waals surface area contributed by atoms with Gasteiger partial charge in [0.05, 0.1) is 82.8 Å². The summed E-state index contributed by atoms with van der Waals surface area (Å²) >= 11 is 0. The minimum Gasteiger partial charge on any atom is -0.493 e. The second kappa shape index (κ2) is 24.9. The highest BCUT2D eigenvalue weighted by Gasteiger charge is 2.45. The molecule has 5 rings (SSSR count). The van der Waals surface area contributed by atoms with Crippen molar-refractivity contribution in [2.75, 3.05) is 84.8 Å². The van der Waals surface area contributed by atoms with E-state index in [4.69, 9.17) is 28.4 Å². The van der Waals surface area contributed by atoms with Gasteiger partial charge < -0.3 is 57.9 Å². The average molecular weight is 899 g/mol. The van der Waals surface area contributed by atoms with Gasteiger partial charge in [-0.25, -0.2) is 14.5 Å². The highest BCUT2D eigenvalue weighted by Crippen LogP contribution is 2.41. The molecule has 0 aromatic heterocycles. The zero-order chi connectivity index (χ0) is 46.8. The number of nitrogens with zero attached hydrogens (tertiary/aromatic N) is 3. The number of likely N-dealkylation sites (tertiary alicyclic amines) is 1. The van der Waals surface area contributed by atoms with Gasteiger partial charge in [0.15, 0.2) is 29.2 Å². The number of aliphatic hydroxyl groups excluding tert-OH is 2. The van der Waals surface area contributed by atoms with Crippen LogP contribution in [-0.4, -0.2) is 149 Å². The molecule has 2 aromatic carbocycles. The van der Waals surface area contributed by atoms with Crippen molar-refractivity contribution in [3.05, 3.63) is 60.7 Å². The van der Waals surface area contributed by atoms with Crippen LogP contribution < -0.4 is 29.2 Å². The van der Waals surface area contributed by atoms with Crippen LogP contribution in [0.4, 0.5) is 21.0 Å². The first-order valence-electron chi connectivity index (χ1n) is 20.7. The molecule has 3 atom stereocenters. The van der Waals surface area contributed by atoms with Crippen molar-refractivity contribution in [1.29, 1.82) is 0 Å². The molecular formula is C44H58N4O16. The van der Waals surface area contributed by atoms with E-state index in [1.807, 2.05) is 0 Å². The summed E-state index contributed by atoms with van der Waals surface area (Å²) in [5.74, 6) is -0.233. The summed E-state index contributed by atoms with van der Waals surface area (Å²) in [7, 11) is 5.50. The second-order valence-electron chi connectivity index (χ2n) is 14.5. The Morgan fingerprint density at radius 2 is 1.39 bits per heavy atom. The fourth-order valence-corrected chi connectivity index (χ4v) is 7.26. The largest absolute Gasteiger partial charge is 0.493 e. The lowest BCUT2D eigenvalue weighted by molar-refractivity contribution is -0.141. The molecule has 20 nitrogen and oxygen atoms in total. The molecule has 0 aliphatic carbocycles. The summed E-state index contributed by atoms with van der Waals surface area (Å²) in [6, 6.07) is 5.08. The van der Waals surface area contributed by atoms with Gasteiger partial charge in [-0.1, -0.05) is 25.3 Å². The van der Waals surface area contributed by atoms with E-state index in [9.17, 15) is 39.0 Å². The van der Waals surface area contributed by atoms with E-state index in [2.05, 4.69) is 27.9 Å². The van der Waals surface area contributed by atoms with Gasteiger partial charge in [0.1, 0.15) is 13.2 Å². The van der Waals surface area contributed by atoms with Crippen molar-refractivity contribution in [2.45, 2.75) is 69.7 Å². The molecule has 3 N–H and O–H groups in total. The van der Waals surface area contributed by atoms with Crippen LogP contribution in [0.25, 0.3) is 0 Å². The van der Waals surface area contributed by atoms with Crippen LogP contribution >= 0.6 is 0 Å². The van der Waals surface area contributed by atoms with Crippen molar-refractivity contribution in [3.8, 4) is 23.0 Å². The van der Waals surface area contributed by atoms with Crippen molar-refractivity contribution in [3.63, 3.8) is 0 Å². The van der Waals surface area contributed by atoms with Crippen LogP contribution in [0.1, 0.15) is 72.1 Å². The summed E-state index contributed by atoms with van der Waals surface area (Å²) in [6.45, 7) is 8.18. The molecule has 3 aliphatic heterocycles. The highest BCUT2D eigenvalue weighted by molar-refractivity contribution is 6.06. The maximum absolute atomic E-state index is 13.3. The number of methoxy groups -OCH3 is 4. The molecule has 64 heavy (non-hydrogen) atoms. The van der Waals surface area contributed by atoms with Gasteiger partial charge in [0, 0.05) is 38.1 Å². The quantitative estimate of drug-likeness (QED) is 0.0764. The molecule has 3 aliphatic rings. The van der Waals surface area contributed by atoms with Crippen molar-refractivity contribution < 1.29 is 76.9 Å². The van der Waals surface area contributed by atoms with Crippen LogP contribution in [-0.2, 0) is 28.5 Å². The standard InChI is InChI=1S/C22H28N2O8.C22H30N2O8/c1-4-10-32-22(28)24-16-13-18(31-11-6-8-19(25)30-3)17(29-2)12-14(16)20(26)23-9-5-7-15(23)21(24)27;1-4-10-32-22(28)23-17-13-19(31-11-6-8-20(26)30-3)18(29-2)12-16(17)21(27)24-9-5-7-15(24)14-25/h4,12-13,15,21,27H,1,5-11H2,2-3H3;4,12-13,15,25H,1,5-11,14H2,2-3H3,(H,23,28)/t15-,21?;15-/m00/s1. The van der Waals surface area contributed by atoms with Crippen molar-refractivity contribution in [2.24, 2.45) is 0 Å². The smallest absolute Gasteiger partial charge is 0.416 e. The van der Waals surface area contributed by atoms with Crippen LogP contribution in [0.3, 0.4) is 0 Å².